The molecule has 2 rings (SSSR count). The molecule has 0 aliphatic heterocycles. The molecule has 0 bridgehead atoms. The number of halogens is 1. The molecule has 0 heterocycles. The second kappa shape index (κ2) is 6.91. The van der Waals surface area contributed by atoms with E-state index in [4.69, 9.17) is 0 Å². The van der Waals surface area contributed by atoms with Crippen molar-refractivity contribution in [3.05, 3.63) is 35.6 Å². The third-order valence-corrected chi connectivity index (χ3v) is 4.82. The van der Waals surface area contributed by atoms with Crippen LogP contribution in [0, 0.1) is 23.1 Å². The molecule has 1 atom stereocenters. The summed E-state index contributed by atoms with van der Waals surface area (Å²) < 4.78 is 13.1. The maximum Gasteiger partial charge on any atom is 0.123 e. The number of rotatable bonds is 4. The van der Waals surface area contributed by atoms with Gasteiger partial charge in [0.05, 0.1) is 0 Å². The van der Waals surface area contributed by atoms with Crippen molar-refractivity contribution >= 4 is 0 Å². The molecular weight excluding hydrogens is 261 g/mol. The van der Waals surface area contributed by atoms with Crippen molar-refractivity contribution in [1.29, 1.82) is 0 Å². The van der Waals surface area contributed by atoms with Crippen LogP contribution in [0.2, 0.25) is 0 Å². The Hall–Kier alpha value is -0.890. The van der Waals surface area contributed by atoms with E-state index in [2.05, 4.69) is 33.0 Å². The Labute approximate surface area is 129 Å². The summed E-state index contributed by atoms with van der Waals surface area (Å²) in [6.45, 7) is 10.2. The van der Waals surface area contributed by atoms with E-state index in [1.165, 1.54) is 31.2 Å². The first-order valence-electron chi connectivity index (χ1n) is 8.35. The van der Waals surface area contributed by atoms with E-state index in [0.29, 0.717) is 0 Å². The fourth-order valence-electron chi connectivity index (χ4n) is 3.40. The summed E-state index contributed by atoms with van der Waals surface area (Å²) in [6.07, 6.45) is 5.41. The summed E-state index contributed by atoms with van der Waals surface area (Å²) in [5, 5.41) is 3.76. The lowest BCUT2D eigenvalue weighted by atomic mass is 9.80. The predicted octanol–water partition coefficient (Wildman–Crippen LogP) is 5.33. The van der Waals surface area contributed by atoms with E-state index in [1.54, 1.807) is 12.1 Å². The van der Waals surface area contributed by atoms with Crippen molar-refractivity contribution in [2.45, 2.75) is 59.4 Å². The van der Waals surface area contributed by atoms with E-state index >= 15 is 0 Å². The van der Waals surface area contributed by atoms with Crippen molar-refractivity contribution in [2.24, 2.45) is 17.3 Å². The Bertz CT molecular complexity index is 424. The molecule has 0 radical (unpaired) electrons. The first-order valence-corrected chi connectivity index (χ1v) is 8.35. The van der Waals surface area contributed by atoms with E-state index in [-0.39, 0.29) is 17.3 Å². The van der Waals surface area contributed by atoms with Gasteiger partial charge in [0.25, 0.3) is 0 Å². The average Bonchev–Trinajstić information content (AvgIpc) is 2.42. The summed E-state index contributed by atoms with van der Waals surface area (Å²) in [5.74, 6) is 1.54. The molecule has 0 aromatic heterocycles. The zero-order chi connectivity index (χ0) is 15.5. The van der Waals surface area contributed by atoms with Gasteiger partial charge in [-0.25, -0.2) is 4.39 Å². The normalized spacial score (nSPS) is 24.8. The zero-order valence-electron chi connectivity index (χ0n) is 14.0. The Morgan fingerprint density at radius 3 is 2.19 bits per heavy atom. The van der Waals surface area contributed by atoms with E-state index in [0.717, 1.165) is 18.4 Å². The van der Waals surface area contributed by atoms with Crippen LogP contribution >= 0.6 is 0 Å². The highest BCUT2D eigenvalue weighted by Crippen LogP contribution is 2.34. The molecule has 1 nitrogen and oxygen atoms in total. The van der Waals surface area contributed by atoms with Gasteiger partial charge >= 0.3 is 0 Å². The molecule has 1 aromatic rings. The highest BCUT2D eigenvalue weighted by atomic mass is 19.1. The Kier molecular flexibility index (Phi) is 5.43. The van der Waals surface area contributed by atoms with E-state index < -0.39 is 0 Å². The summed E-state index contributed by atoms with van der Waals surface area (Å²) in [6, 6.07) is 7.25. The Morgan fingerprint density at radius 1 is 1.10 bits per heavy atom. The van der Waals surface area contributed by atoms with Crippen LogP contribution in [-0.4, -0.2) is 6.54 Å². The van der Waals surface area contributed by atoms with Crippen molar-refractivity contribution in [3.63, 3.8) is 0 Å². The molecule has 1 aromatic carbocycles. The monoisotopic (exact) mass is 291 g/mol. The SMILES string of the molecule is CC1CCC(CNC(c2ccc(F)cc2)C(C)(C)C)CC1. The van der Waals surface area contributed by atoms with Crippen molar-refractivity contribution in [2.75, 3.05) is 6.54 Å². The molecule has 1 saturated carbocycles. The second-order valence-corrected chi connectivity index (χ2v) is 7.88. The number of hydrogen-bond donors (Lipinski definition) is 1. The highest BCUT2D eigenvalue weighted by molar-refractivity contribution is 5.21. The van der Waals surface area contributed by atoms with Gasteiger partial charge in [0.1, 0.15) is 5.82 Å². The van der Waals surface area contributed by atoms with Gasteiger partial charge < -0.3 is 5.32 Å². The Balaban J connectivity index is 1.99. The van der Waals surface area contributed by atoms with Crippen LogP contribution in [0.3, 0.4) is 0 Å². The molecule has 1 aliphatic carbocycles. The molecular formula is C19H30FN. The lowest BCUT2D eigenvalue weighted by Gasteiger charge is -2.35. The lowest BCUT2D eigenvalue weighted by Crippen LogP contribution is -2.36. The number of hydrogen-bond acceptors (Lipinski definition) is 1. The van der Waals surface area contributed by atoms with Gasteiger partial charge in [0.2, 0.25) is 0 Å². The molecule has 2 heteroatoms. The van der Waals surface area contributed by atoms with E-state index in [1.807, 2.05) is 12.1 Å². The van der Waals surface area contributed by atoms with Crippen LogP contribution < -0.4 is 5.32 Å². The topological polar surface area (TPSA) is 12.0 Å². The smallest absolute Gasteiger partial charge is 0.123 e. The third-order valence-electron chi connectivity index (χ3n) is 4.82. The van der Waals surface area contributed by atoms with Crippen molar-refractivity contribution in [3.8, 4) is 0 Å². The standard InChI is InChI=1S/C19H30FN/c1-14-5-7-15(8-6-14)13-21-18(19(2,3)4)16-9-11-17(20)12-10-16/h9-12,14-15,18,21H,5-8,13H2,1-4H3. The minimum atomic E-state index is -0.160. The molecule has 0 amide bonds. The minimum Gasteiger partial charge on any atom is -0.309 e. The van der Waals surface area contributed by atoms with Gasteiger partial charge in [-0.3, -0.25) is 0 Å². The third kappa shape index (κ3) is 4.81. The predicted molar refractivity (Wildman–Crippen MR) is 87.7 cm³/mol. The first kappa shape index (κ1) is 16.5. The summed E-state index contributed by atoms with van der Waals surface area (Å²) in [7, 11) is 0. The average molecular weight is 291 g/mol. The van der Waals surface area contributed by atoms with Crippen LogP contribution in [0.25, 0.3) is 0 Å². The highest BCUT2D eigenvalue weighted by Gasteiger charge is 2.27. The van der Waals surface area contributed by atoms with Gasteiger partial charge in [-0.15, -0.1) is 0 Å². The largest absolute Gasteiger partial charge is 0.309 e. The van der Waals surface area contributed by atoms with Crippen LogP contribution in [-0.2, 0) is 0 Å². The van der Waals surface area contributed by atoms with Crippen molar-refractivity contribution < 1.29 is 4.39 Å². The molecule has 1 unspecified atom stereocenters. The quantitative estimate of drug-likeness (QED) is 0.790. The maximum atomic E-state index is 13.1. The van der Waals surface area contributed by atoms with Gasteiger partial charge in [0.15, 0.2) is 0 Å². The molecule has 1 fully saturated rings. The van der Waals surface area contributed by atoms with Crippen molar-refractivity contribution in [1.82, 2.24) is 5.32 Å². The molecule has 0 spiro atoms. The zero-order valence-corrected chi connectivity index (χ0v) is 14.0. The van der Waals surface area contributed by atoms with Gasteiger partial charge in [-0.05, 0) is 54.3 Å². The second-order valence-electron chi connectivity index (χ2n) is 7.88. The van der Waals surface area contributed by atoms with Crippen LogP contribution in [0.15, 0.2) is 24.3 Å². The summed E-state index contributed by atoms with van der Waals surface area (Å²) in [4.78, 5) is 0. The molecule has 1 aliphatic rings. The summed E-state index contributed by atoms with van der Waals surface area (Å²) >= 11 is 0. The minimum absolute atomic E-state index is 0.125. The fourth-order valence-corrected chi connectivity index (χ4v) is 3.40. The van der Waals surface area contributed by atoms with Crippen LogP contribution in [0.5, 0.6) is 0 Å². The number of nitrogens with one attached hydrogen (secondary N) is 1. The van der Waals surface area contributed by atoms with Crippen LogP contribution in [0.4, 0.5) is 4.39 Å². The number of benzene rings is 1. The Morgan fingerprint density at radius 2 is 1.67 bits per heavy atom. The van der Waals surface area contributed by atoms with E-state index in [9.17, 15) is 4.39 Å². The fraction of sp³-hybridized carbons (Fsp3) is 0.684. The van der Waals surface area contributed by atoms with Gasteiger partial charge in [-0.2, -0.15) is 0 Å². The molecule has 118 valence electrons. The maximum absolute atomic E-state index is 13.1. The first-order chi connectivity index (χ1) is 9.86. The summed E-state index contributed by atoms with van der Waals surface area (Å²) in [5.41, 5.74) is 1.31. The molecule has 0 saturated heterocycles. The lowest BCUT2D eigenvalue weighted by molar-refractivity contribution is 0.228. The molecule has 1 N–H and O–H groups in total. The van der Waals surface area contributed by atoms with Crippen LogP contribution in [0.1, 0.15) is 65.0 Å². The van der Waals surface area contributed by atoms with Gasteiger partial charge in [-0.1, -0.05) is 52.7 Å². The molecule has 21 heavy (non-hydrogen) atoms. The van der Waals surface area contributed by atoms with Gasteiger partial charge in [0, 0.05) is 6.04 Å².